The summed E-state index contributed by atoms with van der Waals surface area (Å²) in [5, 5.41) is 13.3. The largest absolute Gasteiger partial charge is 0.480 e. The molecule has 2 aromatic carbocycles. The minimum absolute atomic E-state index is 0.396. The first-order valence-electron chi connectivity index (χ1n) is 9.39. The molecule has 1 fully saturated rings. The lowest BCUT2D eigenvalue weighted by molar-refractivity contribution is -0.140. The summed E-state index contributed by atoms with van der Waals surface area (Å²) in [5.41, 5.74) is -0.0104. The SMILES string of the molecule is CN1CCNCC1.O=C(O)C(c1ccccc1)(c1ccccc1)c1ncc[nH]1. The average Bonchev–Trinajstić information content (AvgIpc) is 3.26. The fraction of sp³-hybridized carbons (Fsp3) is 0.273. The van der Waals surface area contributed by atoms with Gasteiger partial charge in [0.2, 0.25) is 0 Å². The Bertz CT molecular complexity index is 805. The standard InChI is InChI=1S/C17H14N2O2.C5H12N2/c20-16(21)17(15-18-11-12-19-15,13-7-3-1-4-8-13)14-9-5-2-6-10-14;1-7-4-2-6-3-5-7/h1-12H,(H,18,19)(H,20,21);6H,2-5H2,1H3. The maximum absolute atomic E-state index is 12.3. The molecule has 0 bridgehead atoms. The second-order valence-electron chi connectivity index (χ2n) is 6.78. The lowest BCUT2D eigenvalue weighted by Gasteiger charge is -2.28. The third-order valence-corrected chi connectivity index (χ3v) is 4.93. The summed E-state index contributed by atoms with van der Waals surface area (Å²) in [6, 6.07) is 18.3. The lowest BCUT2D eigenvalue weighted by Crippen LogP contribution is -2.40. The zero-order chi connectivity index (χ0) is 19.8. The van der Waals surface area contributed by atoms with E-state index in [-0.39, 0.29) is 0 Å². The van der Waals surface area contributed by atoms with Crippen molar-refractivity contribution in [2.75, 3.05) is 33.2 Å². The Morgan fingerprint density at radius 1 is 1.00 bits per heavy atom. The van der Waals surface area contributed by atoms with Crippen LogP contribution >= 0.6 is 0 Å². The molecule has 6 heteroatoms. The maximum Gasteiger partial charge on any atom is 0.326 e. The number of benzene rings is 2. The van der Waals surface area contributed by atoms with Crippen LogP contribution in [0, 0.1) is 0 Å². The predicted octanol–water partition coefficient (Wildman–Crippen LogP) is 2.35. The van der Waals surface area contributed by atoms with Crippen LogP contribution in [-0.2, 0) is 10.2 Å². The van der Waals surface area contributed by atoms with E-state index in [0.29, 0.717) is 17.0 Å². The Labute approximate surface area is 165 Å². The summed E-state index contributed by atoms with van der Waals surface area (Å²) in [6.07, 6.45) is 3.21. The van der Waals surface area contributed by atoms with Gasteiger partial charge in [-0.2, -0.15) is 0 Å². The van der Waals surface area contributed by atoms with Gasteiger partial charge in [0, 0.05) is 38.6 Å². The first-order chi connectivity index (χ1) is 13.7. The zero-order valence-corrected chi connectivity index (χ0v) is 16.0. The number of H-pyrrole nitrogens is 1. The number of piperazine rings is 1. The number of hydrogen-bond donors (Lipinski definition) is 3. The van der Waals surface area contributed by atoms with Crippen LogP contribution in [0.5, 0.6) is 0 Å². The van der Waals surface area contributed by atoms with E-state index in [1.807, 2.05) is 60.7 Å². The molecular weight excluding hydrogens is 352 g/mol. The fourth-order valence-electron chi connectivity index (χ4n) is 3.41. The van der Waals surface area contributed by atoms with Crippen molar-refractivity contribution in [3.63, 3.8) is 0 Å². The normalized spacial score (nSPS) is 14.8. The van der Waals surface area contributed by atoms with E-state index in [2.05, 4.69) is 27.2 Å². The molecule has 1 saturated heterocycles. The van der Waals surface area contributed by atoms with E-state index in [1.54, 1.807) is 12.4 Å². The van der Waals surface area contributed by atoms with Gasteiger partial charge in [-0.05, 0) is 18.2 Å². The molecule has 146 valence electrons. The van der Waals surface area contributed by atoms with Crippen molar-refractivity contribution in [3.8, 4) is 0 Å². The Hall–Kier alpha value is -2.96. The number of nitrogens with one attached hydrogen (secondary N) is 2. The molecule has 0 aliphatic carbocycles. The number of carboxylic acid groups (broad SMARTS) is 1. The highest BCUT2D eigenvalue weighted by molar-refractivity contribution is 5.89. The molecule has 0 saturated carbocycles. The van der Waals surface area contributed by atoms with Crippen LogP contribution in [0.4, 0.5) is 0 Å². The fourth-order valence-corrected chi connectivity index (χ4v) is 3.41. The molecule has 0 spiro atoms. The van der Waals surface area contributed by atoms with Gasteiger partial charge < -0.3 is 20.3 Å². The molecule has 1 aromatic heterocycles. The summed E-state index contributed by atoms with van der Waals surface area (Å²) in [5.74, 6) is -0.567. The molecule has 4 rings (SSSR count). The van der Waals surface area contributed by atoms with Crippen molar-refractivity contribution in [2.24, 2.45) is 0 Å². The zero-order valence-electron chi connectivity index (χ0n) is 16.0. The van der Waals surface area contributed by atoms with Gasteiger partial charge in [-0.3, -0.25) is 4.79 Å². The maximum atomic E-state index is 12.3. The molecule has 28 heavy (non-hydrogen) atoms. The van der Waals surface area contributed by atoms with Crippen molar-refractivity contribution in [1.29, 1.82) is 0 Å². The van der Waals surface area contributed by atoms with Crippen LogP contribution < -0.4 is 5.32 Å². The highest BCUT2D eigenvalue weighted by Gasteiger charge is 2.46. The number of aliphatic carboxylic acids is 1. The van der Waals surface area contributed by atoms with Gasteiger partial charge in [0.15, 0.2) is 5.41 Å². The smallest absolute Gasteiger partial charge is 0.326 e. The van der Waals surface area contributed by atoms with E-state index in [4.69, 9.17) is 0 Å². The number of carboxylic acids is 1. The highest BCUT2D eigenvalue weighted by atomic mass is 16.4. The van der Waals surface area contributed by atoms with Crippen molar-refractivity contribution in [2.45, 2.75) is 5.41 Å². The molecule has 0 unspecified atom stereocenters. The predicted molar refractivity (Wildman–Crippen MR) is 109 cm³/mol. The summed E-state index contributed by atoms with van der Waals surface area (Å²) in [4.78, 5) is 21.8. The van der Waals surface area contributed by atoms with Crippen molar-refractivity contribution in [3.05, 3.63) is 90.0 Å². The van der Waals surface area contributed by atoms with Crippen LogP contribution in [-0.4, -0.2) is 59.2 Å². The topological polar surface area (TPSA) is 81.2 Å². The summed E-state index contributed by atoms with van der Waals surface area (Å²) in [7, 11) is 2.15. The van der Waals surface area contributed by atoms with Crippen LogP contribution in [0.2, 0.25) is 0 Å². The van der Waals surface area contributed by atoms with Crippen LogP contribution in [0.15, 0.2) is 73.1 Å². The molecule has 0 radical (unpaired) electrons. The molecule has 0 atom stereocenters. The Kier molecular flexibility index (Phi) is 6.57. The lowest BCUT2D eigenvalue weighted by atomic mass is 9.73. The summed E-state index contributed by atoms with van der Waals surface area (Å²) in [6.45, 7) is 4.74. The molecule has 3 aromatic rings. The van der Waals surface area contributed by atoms with E-state index in [1.165, 1.54) is 13.1 Å². The van der Waals surface area contributed by atoms with Gasteiger partial charge in [0.1, 0.15) is 5.82 Å². The van der Waals surface area contributed by atoms with E-state index >= 15 is 0 Å². The van der Waals surface area contributed by atoms with Crippen LogP contribution in [0.1, 0.15) is 17.0 Å². The number of imidazole rings is 1. The Balaban J connectivity index is 0.000000271. The second-order valence-corrected chi connectivity index (χ2v) is 6.78. The van der Waals surface area contributed by atoms with Crippen molar-refractivity contribution in [1.82, 2.24) is 20.2 Å². The number of aromatic nitrogens is 2. The van der Waals surface area contributed by atoms with Crippen LogP contribution in [0.25, 0.3) is 0 Å². The Morgan fingerprint density at radius 3 is 1.89 bits per heavy atom. The van der Waals surface area contributed by atoms with Gasteiger partial charge in [-0.1, -0.05) is 60.7 Å². The highest BCUT2D eigenvalue weighted by Crippen LogP contribution is 2.37. The molecule has 1 aliphatic rings. The molecule has 1 aliphatic heterocycles. The number of nitrogens with zero attached hydrogens (tertiary/aromatic N) is 2. The number of rotatable bonds is 4. The molecule has 6 nitrogen and oxygen atoms in total. The minimum atomic E-state index is -1.34. The molecule has 3 N–H and O–H groups in total. The number of hydrogen-bond acceptors (Lipinski definition) is 4. The van der Waals surface area contributed by atoms with Gasteiger partial charge >= 0.3 is 5.97 Å². The van der Waals surface area contributed by atoms with Gasteiger partial charge in [0.25, 0.3) is 0 Å². The van der Waals surface area contributed by atoms with Crippen molar-refractivity contribution < 1.29 is 9.90 Å². The number of aromatic amines is 1. The van der Waals surface area contributed by atoms with Gasteiger partial charge in [-0.15, -0.1) is 0 Å². The minimum Gasteiger partial charge on any atom is -0.480 e. The van der Waals surface area contributed by atoms with Crippen LogP contribution in [0.3, 0.4) is 0 Å². The Morgan fingerprint density at radius 2 is 1.54 bits per heavy atom. The third kappa shape index (κ3) is 4.13. The summed E-state index contributed by atoms with van der Waals surface area (Å²) >= 11 is 0. The summed E-state index contributed by atoms with van der Waals surface area (Å²) < 4.78 is 0. The number of carbonyl (C=O) groups is 1. The molecule has 2 heterocycles. The van der Waals surface area contributed by atoms with E-state index in [9.17, 15) is 9.90 Å². The quantitative estimate of drug-likeness (QED) is 0.649. The second kappa shape index (κ2) is 9.30. The first kappa shape index (κ1) is 19.8. The first-order valence-corrected chi connectivity index (χ1v) is 9.39. The monoisotopic (exact) mass is 378 g/mol. The molecular formula is C22H26N4O2. The molecule has 0 amide bonds. The number of likely N-dealkylation sites (N-methyl/N-ethyl adjacent to an activating group) is 1. The van der Waals surface area contributed by atoms with E-state index in [0.717, 1.165) is 13.1 Å². The average molecular weight is 378 g/mol. The van der Waals surface area contributed by atoms with Crippen molar-refractivity contribution >= 4 is 5.97 Å². The van der Waals surface area contributed by atoms with E-state index < -0.39 is 11.4 Å². The van der Waals surface area contributed by atoms with Gasteiger partial charge in [0.05, 0.1) is 0 Å². The third-order valence-electron chi connectivity index (χ3n) is 4.93. The van der Waals surface area contributed by atoms with Gasteiger partial charge in [-0.25, -0.2) is 4.98 Å².